The Morgan fingerprint density at radius 1 is 1.11 bits per heavy atom. The van der Waals surface area contributed by atoms with Crippen LogP contribution in [-0.2, 0) is 16.4 Å². The van der Waals surface area contributed by atoms with E-state index in [1.165, 1.54) is 12.1 Å². The van der Waals surface area contributed by atoms with Crippen molar-refractivity contribution >= 4 is 31.9 Å². The van der Waals surface area contributed by atoms with Gasteiger partial charge in [-0.15, -0.1) is 0 Å². The number of anilines is 1. The first-order valence-corrected chi connectivity index (χ1v) is 10.5. The summed E-state index contributed by atoms with van der Waals surface area (Å²) < 4.78 is 28.0. The van der Waals surface area contributed by atoms with Crippen LogP contribution in [0.3, 0.4) is 0 Å². The molecule has 0 unspecified atom stereocenters. The van der Waals surface area contributed by atoms with Crippen LogP contribution in [0.25, 0.3) is 0 Å². The van der Waals surface area contributed by atoms with Crippen molar-refractivity contribution < 1.29 is 8.42 Å². The Bertz CT molecular complexity index is 1140. The molecule has 0 amide bonds. The number of hydrogen-bond acceptors (Lipinski definition) is 4. The number of aromatic amines is 1. The van der Waals surface area contributed by atoms with Crippen molar-refractivity contribution in [3.63, 3.8) is 0 Å². The third-order valence-corrected chi connectivity index (χ3v) is 5.92. The summed E-state index contributed by atoms with van der Waals surface area (Å²) in [6.45, 7) is 3.68. The lowest BCUT2D eigenvalue weighted by Gasteiger charge is -2.10. The number of aryl methyl sites for hydroxylation is 2. The quantitative estimate of drug-likeness (QED) is 0.625. The Morgan fingerprint density at radius 3 is 2.44 bits per heavy atom. The topological polar surface area (TPSA) is 91.9 Å². The zero-order valence-corrected chi connectivity index (χ0v) is 17.2. The molecular weight excluding hydrogens is 430 g/mol. The van der Waals surface area contributed by atoms with Crippen molar-refractivity contribution in [2.24, 2.45) is 0 Å². The van der Waals surface area contributed by atoms with Crippen LogP contribution >= 0.6 is 15.9 Å². The molecule has 0 radical (unpaired) electrons. The van der Waals surface area contributed by atoms with Gasteiger partial charge in [-0.2, -0.15) is 0 Å². The molecule has 0 aliphatic heterocycles. The second-order valence-electron chi connectivity index (χ2n) is 6.20. The van der Waals surface area contributed by atoms with E-state index in [2.05, 4.69) is 30.6 Å². The van der Waals surface area contributed by atoms with Crippen molar-refractivity contribution in [2.45, 2.75) is 25.2 Å². The van der Waals surface area contributed by atoms with Crippen molar-refractivity contribution in [1.82, 2.24) is 9.97 Å². The maximum absolute atomic E-state index is 12.5. The van der Waals surface area contributed by atoms with Crippen LogP contribution in [0.15, 0.2) is 62.7 Å². The fraction of sp³-hybridized carbons (Fsp3) is 0.158. The van der Waals surface area contributed by atoms with E-state index in [0.717, 1.165) is 15.6 Å². The van der Waals surface area contributed by atoms with Gasteiger partial charge in [0.25, 0.3) is 15.6 Å². The molecule has 3 rings (SSSR count). The van der Waals surface area contributed by atoms with E-state index in [1.54, 1.807) is 19.1 Å². The number of rotatable bonds is 5. The average Bonchev–Trinajstić information content (AvgIpc) is 2.58. The summed E-state index contributed by atoms with van der Waals surface area (Å²) in [6.07, 6.45) is 0.426. The normalized spacial score (nSPS) is 11.4. The lowest BCUT2D eigenvalue weighted by Crippen LogP contribution is -2.22. The molecule has 27 heavy (non-hydrogen) atoms. The molecular formula is C19H18BrN3O3S. The largest absolute Gasteiger partial charge is 0.292 e. The van der Waals surface area contributed by atoms with E-state index >= 15 is 0 Å². The van der Waals surface area contributed by atoms with Crippen LogP contribution in [0.5, 0.6) is 0 Å². The first-order chi connectivity index (χ1) is 12.7. The minimum Gasteiger partial charge on any atom is -0.292 e. The summed E-state index contributed by atoms with van der Waals surface area (Å²) in [6, 6.07) is 14.0. The summed E-state index contributed by atoms with van der Waals surface area (Å²) >= 11 is 3.26. The number of sulfonamides is 1. The fourth-order valence-corrected chi connectivity index (χ4v) is 3.92. The molecule has 140 valence electrons. The molecule has 0 atom stereocenters. The number of aromatic nitrogens is 2. The van der Waals surface area contributed by atoms with Gasteiger partial charge in [0.05, 0.1) is 10.6 Å². The van der Waals surface area contributed by atoms with Gasteiger partial charge < -0.3 is 0 Å². The Kier molecular flexibility index (Phi) is 5.48. The van der Waals surface area contributed by atoms with Gasteiger partial charge in [-0.1, -0.05) is 45.8 Å². The van der Waals surface area contributed by atoms with E-state index in [4.69, 9.17) is 0 Å². The SMILES string of the molecule is Cc1cccc(Cc2c(C)nc(NS(=O)(=O)c3ccc(Br)cc3)[nH]c2=O)c1. The van der Waals surface area contributed by atoms with E-state index in [9.17, 15) is 13.2 Å². The standard InChI is InChI=1S/C19H18BrN3O3S/c1-12-4-3-5-14(10-12)11-17-13(2)21-19(22-18(17)24)23-27(25,26)16-8-6-15(20)7-9-16/h3-10H,11H2,1-2H3,(H2,21,22,23,24). The van der Waals surface area contributed by atoms with Gasteiger partial charge in [-0.3, -0.25) is 9.78 Å². The van der Waals surface area contributed by atoms with Crippen LogP contribution in [0.4, 0.5) is 5.95 Å². The van der Waals surface area contributed by atoms with Gasteiger partial charge in [0.2, 0.25) is 5.95 Å². The molecule has 2 N–H and O–H groups in total. The molecule has 6 nitrogen and oxygen atoms in total. The van der Waals surface area contributed by atoms with Gasteiger partial charge in [0, 0.05) is 16.5 Å². The number of nitrogens with one attached hydrogen (secondary N) is 2. The van der Waals surface area contributed by atoms with Crippen LogP contribution in [0.1, 0.15) is 22.4 Å². The highest BCUT2D eigenvalue weighted by atomic mass is 79.9. The highest BCUT2D eigenvalue weighted by molar-refractivity contribution is 9.10. The molecule has 1 heterocycles. The van der Waals surface area contributed by atoms with Crippen molar-refractivity contribution in [2.75, 3.05) is 4.72 Å². The van der Waals surface area contributed by atoms with Gasteiger partial charge >= 0.3 is 0 Å². The molecule has 1 aromatic heterocycles. The van der Waals surface area contributed by atoms with Gasteiger partial charge in [-0.05, 0) is 43.7 Å². The summed E-state index contributed by atoms with van der Waals surface area (Å²) in [7, 11) is -3.84. The number of halogens is 1. The van der Waals surface area contributed by atoms with Crippen LogP contribution < -0.4 is 10.3 Å². The minimum absolute atomic E-state index is 0.0786. The van der Waals surface area contributed by atoms with E-state index < -0.39 is 10.0 Å². The fourth-order valence-electron chi connectivity index (χ4n) is 2.69. The highest BCUT2D eigenvalue weighted by Crippen LogP contribution is 2.17. The highest BCUT2D eigenvalue weighted by Gasteiger charge is 2.17. The van der Waals surface area contributed by atoms with Crippen molar-refractivity contribution in [3.8, 4) is 0 Å². The summed E-state index contributed by atoms with van der Waals surface area (Å²) in [5.41, 5.74) is 2.72. The molecule has 0 aliphatic carbocycles. The molecule has 0 saturated heterocycles. The first kappa shape index (κ1) is 19.3. The maximum Gasteiger partial charge on any atom is 0.264 e. The number of nitrogens with zero attached hydrogens (tertiary/aromatic N) is 1. The zero-order chi connectivity index (χ0) is 19.6. The van der Waals surface area contributed by atoms with Crippen molar-refractivity contribution in [1.29, 1.82) is 0 Å². The first-order valence-electron chi connectivity index (χ1n) is 8.18. The summed E-state index contributed by atoms with van der Waals surface area (Å²) in [4.78, 5) is 19.3. The van der Waals surface area contributed by atoms with E-state index in [-0.39, 0.29) is 16.4 Å². The molecule has 8 heteroatoms. The van der Waals surface area contributed by atoms with E-state index in [0.29, 0.717) is 17.7 Å². The van der Waals surface area contributed by atoms with Crippen LogP contribution in [0.2, 0.25) is 0 Å². The Hall–Kier alpha value is -2.45. The lowest BCUT2D eigenvalue weighted by molar-refractivity contribution is 0.600. The van der Waals surface area contributed by atoms with Gasteiger partial charge in [0.15, 0.2) is 0 Å². The zero-order valence-electron chi connectivity index (χ0n) is 14.8. The summed E-state index contributed by atoms with van der Waals surface area (Å²) in [5, 5.41) is 0. The number of benzene rings is 2. The molecule has 3 aromatic rings. The van der Waals surface area contributed by atoms with Crippen molar-refractivity contribution in [3.05, 3.63) is 85.7 Å². The summed E-state index contributed by atoms with van der Waals surface area (Å²) in [5.74, 6) is -0.103. The minimum atomic E-state index is -3.84. The third-order valence-electron chi connectivity index (χ3n) is 4.04. The van der Waals surface area contributed by atoms with E-state index in [1.807, 2.05) is 31.2 Å². The second-order valence-corrected chi connectivity index (χ2v) is 8.80. The molecule has 0 saturated carbocycles. The number of hydrogen-bond donors (Lipinski definition) is 2. The smallest absolute Gasteiger partial charge is 0.264 e. The molecule has 0 aliphatic rings. The molecule has 0 bridgehead atoms. The van der Waals surface area contributed by atoms with Gasteiger partial charge in [-0.25, -0.2) is 18.1 Å². The predicted molar refractivity (Wildman–Crippen MR) is 109 cm³/mol. The predicted octanol–water partition coefficient (Wildman–Crippen LogP) is 3.54. The molecule has 2 aromatic carbocycles. The lowest BCUT2D eigenvalue weighted by atomic mass is 10.0. The number of H-pyrrole nitrogens is 1. The molecule has 0 fully saturated rings. The molecule has 0 spiro atoms. The average molecular weight is 448 g/mol. The second kappa shape index (κ2) is 7.66. The Balaban J connectivity index is 1.88. The third kappa shape index (κ3) is 4.64. The Labute approximate surface area is 165 Å². The van der Waals surface area contributed by atoms with Crippen LogP contribution in [-0.4, -0.2) is 18.4 Å². The monoisotopic (exact) mass is 447 g/mol. The maximum atomic E-state index is 12.5. The van der Waals surface area contributed by atoms with Gasteiger partial charge in [0.1, 0.15) is 0 Å². The Morgan fingerprint density at radius 2 is 1.81 bits per heavy atom. The van der Waals surface area contributed by atoms with Crippen LogP contribution in [0, 0.1) is 13.8 Å².